The molecule has 0 saturated carbocycles. The van der Waals surface area contributed by atoms with Crippen LogP contribution in [0.2, 0.25) is 0 Å². The van der Waals surface area contributed by atoms with Gasteiger partial charge >= 0.3 is 25.6 Å². The lowest BCUT2D eigenvalue weighted by Gasteiger charge is -2.28. The predicted molar refractivity (Wildman–Crippen MR) is 156 cm³/mol. The number of ether oxygens (including phenoxy) is 4. The number of aromatic nitrogens is 2. The van der Waals surface area contributed by atoms with Gasteiger partial charge in [0.15, 0.2) is 18.0 Å². The first-order valence-electron chi connectivity index (χ1n) is 13.9. The normalized spacial score (nSPS) is 23.0. The zero-order valence-corrected chi connectivity index (χ0v) is 25.5. The van der Waals surface area contributed by atoms with Crippen molar-refractivity contribution in [3.8, 4) is 5.75 Å². The average molecular weight is 650 g/mol. The van der Waals surface area contributed by atoms with Crippen LogP contribution in [0.4, 0.5) is 9.18 Å². The molecule has 2 aromatic carbocycles. The maximum absolute atomic E-state index is 16.5. The van der Waals surface area contributed by atoms with Gasteiger partial charge in [0.25, 0.3) is 5.56 Å². The molecule has 1 aliphatic heterocycles. The van der Waals surface area contributed by atoms with E-state index >= 15 is 4.39 Å². The Kier molecular flexibility index (Phi) is 10.9. The summed E-state index contributed by atoms with van der Waals surface area (Å²) in [6, 6.07) is 16.4. The third-order valence-electron chi connectivity index (χ3n) is 6.58. The summed E-state index contributed by atoms with van der Waals surface area (Å²) in [7, 11) is -4.43. The molecule has 0 amide bonds. The maximum atomic E-state index is 16.5. The number of benzene rings is 2. The first kappa shape index (κ1) is 33.6. The molecule has 1 aromatic heterocycles. The molecule has 0 bridgehead atoms. The van der Waals surface area contributed by atoms with Crippen LogP contribution in [-0.2, 0) is 39.4 Å². The average Bonchev–Trinajstić information content (AvgIpc) is 3.25. The van der Waals surface area contributed by atoms with Gasteiger partial charge in [0.2, 0.25) is 0 Å². The van der Waals surface area contributed by atoms with Gasteiger partial charge in [-0.05, 0) is 38.5 Å². The molecule has 1 fully saturated rings. The fourth-order valence-electron chi connectivity index (χ4n) is 4.43. The second-order valence-corrected chi connectivity index (χ2v) is 11.8. The van der Waals surface area contributed by atoms with Crippen molar-refractivity contribution in [3.63, 3.8) is 0 Å². The molecule has 0 aliphatic carbocycles. The third kappa shape index (κ3) is 8.66. The molecule has 16 heteroatoms. The Bertz CT molecular complexity index is 1620. The highest BCUT2D eigenvalue weighted by molar-refractivity contribution is 7.52. The number of aromatic amines is 1. The number of nitrogens with one attached hydrogen (secondary N) is 2. The van der Waals surface area contributed by atoms with Crippen LogP contribution in [-0.4, -0.2) is 58.8 Å². The van der Waals surface area contributed by atoms with Crippen molar-refractivity contribution in [2.45, 2.75) is 57.5 Å². The molecule has 0 spiro atoms. The van der Waals surface area contributed by atoms with E-state index < -0.39 is 67.9 Å². The topological polar surface area (TPSA) is 173 Å². The summed E-state index contributed by atoms with van der Waals surface area (Å²) in [5, 5.41) is 2.48. The van der Waals surface area contributed by atoms with Gasteiger partial charge in [-0.15, -0.1) is 0 Å². The monoisotopic (exact) mass is 649 g/mol. The second kappa shape index (κ2) is 14.7. The highest BCUT2D eigenvalue weighted by atomic mass is 31.2. The molecule has 0 radical (unpaired) electrons. The van der Waals surface area contributed by atoms with Gasteiger partial charge < -0.3 is 23.5 Å². The van der Waals surface area contributed by atoms with Crippen molar-refractivity contribution in [2.24, 2.45) is 0 Å². The number of rotatable bonds is 13. The highest BCUT2D eigenvalue weighted by Gasteiger charge is 2.59. The van der Waals surface area contributed by atoms with E-state index in [0.29, 0.717) is 5.56 Å². The molecule has 1 unspecified atom stereocenters. The number of hydrogen-bond donors (Lipinski definition) is 2. The Labute approximate surface area is 256 Å². The molecule has 4 rings (SSSR count). The van der Waals surface area contributed by atoms with E-state index in [1.807, 2.05) is 4.98 Å². The number of halogens is 1. The van der Waals surface area contributed by atoms with Gasteiger partial charge in [-0.3, -0.25) is 23.7 Å². The molecule has 2 N–H and O–H groups in total. The lowest BCUT2D eigenvalue weighted by molar-refractivity contribution is -0.144. The largest absolute Gasteiger partial charge is 0.509 e. The van der Waals surface area contributed by atoms with Crippen LogP contribution in [0.15, 0.2) is 82.5 Å². The van der Waals surface area contributed by atoms with E-state index in [0.717, 1.165) is 23.8 Å². The van der Waals surface area contributed by atoms with Gasteiger partial charge in [-0.2, -0.15) is 5.09 Å². The first-order valence-corrected chi connectivity index (χ1v) is 15.4. The summed E-state index contributed by atoms with van der Waals surface area (Å²) < 4.78 is 63.7. The van der Waals surface area contributed by atoms with Crippen molar-refractivity contribution >= 4 is 19.9 Å². The summed E-state index contributed by atoms with van der Waals surface area (Å²) in [6.45, 7) is 3.15. The number of carbonyl (C=O) groups is 2. The lowest BCUT2D eigenvalue weighted by atomic mass is 9.98. The summed E-state index contributed by atoms with van der Waals surface area (Å²) in [6.07, 6.45) is -5.25. The van der Waals surface area contributed by atoms with E-state index in [-0.39, 0.29) is 19.0 Å². The number of esters is 1. The molecular formula is C29H33FN3O11P. The summed E-state index contributed by atoms with van der Waals surface area (Å²) in [5.74, 6) is -0.631. The summed E-state index contributed by atoms with van der Waals surface area (Å²) >= 11 is 0. The molecule has 3 aromatic rings. The molecule has 2 heterocycles. The Morgan fingerprint density at radius 2 is 1.76 bits per heavy atom. The van der Waals surface area contributed by atoms with E-state index in [1.165, 1.54) is 19.1 Å². The van der Waals surface area contributed by atoms with Crippen LogP contribution in [0.1, 0.15) is 32.6 Å². The molecule has 14 nitrogen and oxygen atoms in total. The zero-order chi connectivity index (χ0) is 32.6. The molecule has 1 aliphatic rings. The van der Waals surface area contributed by atoms with Crippen molar-refractivity contribution in [1.82, 2.24) is 14.6 Å². The number of H-pyrrole nitrogens is 1. The van der Waals surface area contributed by atoms with Crippen LogP contribution in [0, 0.1) is 0 Å². The van der Waals surface area contributed by atoms with Gasteiger partial charge in [-0.25, -0.2) is 18.5 Å². The van der Waals surface area contributed by atoms with Crippen molar-refractivity contribution in [2.75, 3.05) is 13.2 Å². The van der Waals surface area contributed by atoms with E-state index in [1.54, 1.807) is 55.5 Å². The molecular weight excluding hydrogens is 616 g/mol. The van der Waals surface area contributed by atoms with Crippen molar-refractivity contribution < 1.29 is 46.5 Å². The number of alkyl halides is 1. The van der Waals surface area contributed by atoms with Crippen molar-refractivity contribution in [3.05, 3.63) is 99.3 Å². The van der Waals surface area contributed by atoms with E-state index in [2.05, 4.69) is 5.09 Å². The van der Waals surface area contributed by atoms with Gasteiger partial charge in [0.05, 0.1) is 13.2 Å². The fourth-order valence-corrected chi connectivity index (χ4v) is 5.94. The van der Waals surface area contributed by atoms with Gasteiger partial charge in [0, 0.05) is 12.3 Å². The van der Waals surface area contributed by atoms with Gasteiger partial charge in [0.1, 0.15) is 24.5 Å². The summed E-state index contributed by atoms with van der Waals surface area (Å²) in [5.41, 5.74) is -3.70. The number of carbonyl (C=O) groups excluding carboxylic acids is 2. The second-order valence-electron chi connectivity index (χ2n) is 10.1. The van der Waals surface area contributed by atoms with Crippen LogP contribution in [0.3, 0.4) is 0 Å². The van der Waals surface area contributed by atoms with Crippen LogP contribution in [0.5, 0.6) is 5.75 Å². The van der Waals surface area contributed by atoms with Crippen molar-refractivity contribution in [1.29, 1.82) is 0 Å². The fraction of sp³-hybridized carbons (Fsp3) is 0.379. The minimum atomic E-state index is -4.43. The van der Waals surface area contributed by atoms with Crippen LogP contribution < -0.4 is 20.9 Å². The third-order valence-corrected chi connectivity index (χ3v) is 8.22. The van der Waals surface area contributed by atoms with Crippen LogP contribution >= 0.6 is 7.75 Å². The molecule has 45 heavy (non-hydrogen) atoms. The van der Waals surface area contributed by atoms with Crippen LogP contribution in [0.25, 0.3) is 0 Å². The molecule has 6 atom stereocenters. The smallest absolute Gasteiger partial charge is 0.465 e. The van der Waals surface area contributed by atoms with Gasteiger partial charge in [-0.1, -0.05) is 48.5 Å². The Hall–Kier alpha value is -4.30. The molecule has 242 valence electrons. The number of hydrogen-bond acceptors (Lipinski definition) is 11. The Morgan fingerprint density at radius 3 is 2.40 bits per heavy atom. The number of para-hydroxylation sites is 1. The highest BCUT2D eigenvalue weighted by Crippen LogP contribution is 2.48. The SMILES string of the molecule is CCOC(=O)[C@H](C)NP(=O)(OC[C@H]1O[C@@H](n2ccc(=O)[nH]c2=O)[C@](C)(F)[C@@H]1OC(=O)OCc1ccccc1)Oc1ccccc1. The van der Waals surface area contributed by atoms with E-state index in [4.69, 9.17) is 28.0 Å². The quantitative estimate of drug-likeness (QED) is 0.204. The number of nitrogens with zero attached hydrogens (tertiary/aromatic N) is 1. The van der Waals surface area contributed by atoms with E-state index in [9.17, 15) is 23.7 Å². The minimum Gasteiger partial charge on any atom is -0.465 e. The summed E-state index contributed by atoms with van der Waals surface area (Å²) in [4.78, 5) is 51.2. The Balaban J connectivity index is 1.60. The first-order chi connectivity index (χ1) is 21.4. The minimum absolute atomic E-state index is 0.0610. The lowest BCUT2D eigenvalue weighted by Crippen LogP contribution is -2.46. The standard InChI is InChI=1S/C29H33FN3O11P/c1-4-39-25(35)19(2)32-45(38,44-21-13-9-6-10-14-21)41-18-22-24(43-28(37)40-17-20-11-7-5-8-12-20)29(3,30)26(42-22)33-16-15-23(34)31-27(33)36/h5-16,19,22,24,26H,4,17-18H2,1-3H3,(H,32,38)(H,31,34,36)/t19-,22+,24+,26+,29+,45?/m0/s1. The zero-order valence-electron chi connectivity index (χ0n) is 24.6. The Morgan fingerprint density at radius 1 is 1.09 bits per heavy atom. The predicted octanol–water partition coefficient (Wildman–Crippen LogP) is 3.63. The molecule has 1 saturated heterocycles. The maximum Gasteiger partial charge on any atom is 0.509 e.